The van der Waals surface area contributed by atoms with E-state index in [1.54, 1.807) is 6.92 Å². The van der Waals surface area contributed by atoms with Gasteiger partial charge in [-0.2, -0.15) is 0 Å². The van der Waals surface area contributed by atoms with Gasteiger partial charge in [-0.25, -0.2) is 0 Å². The van der Waals surface area contributed by atoms with Crippen molar-refractivity contribution >= 4 is 5.97 Å². The van der Waals surface area contributed by atoms with Gasteiger partial charge in [-0.05, 0) is 12.5 Å². The topological polar surface area (TPSA) is 115 Å². The van der Waals surface area contributed by atoms with Gasteiger partial charge in [-0.1, -0.05) is 5.11 Å². The second kappa shape index (κ2) is 16.7. The van der Waals surface area contributed by atoms with Crippen LogP contribution in [0.5, 0.6) is 0 Å². The van der Waals surface area contributed by atoms with Crippen LogP contribution < -0.4 is 5.32 Å². The largest absolute Gasteiger partial charge is 0.465 e. The molecule has 21 heavy (non-hydrogen) atoms. The summed E-state index contributed by atoms with van der Waals surface area (Å²) in [4.78, 5) is 13.6. The second-order valence-corrected chi connectivity index (χ2v) is 3.77. The highest BCUT2D eigenvalue weighted by Gasteiger charge is 1.99. The molecule has 0 aliphatic rings. The molecule has 0 aliphatic carbocycles. The van der Waals surface area contributed by atoms with Crippen LogP contribution in [0, 0.1) is 0 Å². The standard InChI is InChI=1S/C12H24N4O5/c1-2-21-12(17)11-14-3-5-18-7-9-20-10-8-19-6-4-15-16-13/h14H,2-11H2,1H3. The monoisotopic (exact) mass is 304 g/mol. The predicted molar refractivity (Wildman–Crippen MR) is 76.0 cm³/mol. The molecular formula is C12H24N4O5. The number of carbonyl (C=O) groups excluding carboxylic acids is 1. The fourth-order valence-electron chi connectivity index (χ4n) is 1.24. The van der Waals surface area contributed by atoms with Gasteiger partial charge in [0, 0.05) is 18.0 Å². The van der Waals surface area contributed by atoms with Crippen LogP contribution in [-0.4, -0.2) is 71.9 Å². The lowest BCUT2D eigenvalue weighted by atomic mass is 10.6. The van der Waals surface area contributed by atoms with Gasteiger partial charge in [0.2, 0.25) is 0 Å². The first-order valence-electron chi connectivity index (χ1n) is 6.91. The van der Waals surface area contributed by atoms with Crippen molar-refractivity contribution in [3.8, 4) is 0 Å². The van der Waals surface area contributed by atoms with Crippen molar-refractivity contribution in [2.24, 2.45) is 5.11 Å². The molecule has 9 heteroatoms. The summed E-state index contributed by atoms with van der Waals surface area (Å²) < 4.78 is 20.5. The Kier molecular flexibility index (Phi) is 15.6. The van der Waals surface area contributed by atoms with E-state index in [2.05, 4.69) is 15.3 Å². The fraction of sp³-hybridized carbons (Fsp3) is 0.917. The molecule has 0 aliphatic heterocycles. The van der Waals surface area contributed by atoms with Crippen LogP contribution in [0.1, 0.15) is 6.92 Å². The van der Waals surface area contributed by atoms with Crippen LogP contribution in [-0.2, 0) is 23.7 Å². The van der Waals surface area contributed by atoms with Crippen molar-refractivity contribution in [3.05, 3.63) is 10.4 Å². The summed E-state index contributed by atoms with van der Waals surface area (Å²) in [5, 5.41) is 6.25. The lowest BCUT2D eigenvalue weighted by Gasteiger charge is -2.07. The Hall–Kier alpha value is -1.38. The molecule has 0 saturated carbocycles. The molecule has 0 fully saturated rings. The minimum absolute atomic E-state index is 0.195. The Morgan fingerprint density at radius 1 is 1.10 bits per heavy atom. The zero-order chi connectivity index (χ0) is 15.6. The number of ether oxygens (including phenoxy) is 4. The Morgan fingerprint density at radius 3 is 2.33 bits per heavy atom. The maximum absolute atomic E-state index is 11.0. The van der Waals surface area contributed by atoms with E-state index >= 15 is 0 Å². The minimum Gasteiger partial charge on any atom is -0.465 e. The SMILES string of the molecule is CCOC(=O)CNCCOCCOCCOCCN=[N+]=[N-]. The molecule has 0 rings (SSSR count). The van der Waals surface area contributed by atoms with Gasteiger partial charge in [0.1, 0.15) is 0 Å². The van der Waals surface area contributed by atoms with Crippen LogP contribution in [0.4, 0.5) is 0 Å². The third-order valence-corrected chi connectivity index (χ3v) is 2.14. The molecule has 0 aromatic heterocycles. The molecule has 0 spiro atoms. The summed E-state index contributed by atoms with van der Waals surface area (Å²) in [6.07, 6.45) is 0. The molecule has 0 aromatic carbocycles. The lowest BCUT2D eigenvalue weighted by molar-refractivity contribution is -0.142. The Balaban J connectivity index is 3.05. The first kappa shape index (κ1) is 19.6. The summed E-state index contributed by atoms with van der Waals surface area (Å²) >= 11 is 0. The van der Waals surface area contributed by atoms with Crippen LogP contribution in [0.2, 0.25) is 0 Å². The Bertz CT molecular complexity index is 297. The molecule has 0 radical (unpaired) electrons. The molecule has 1 N–H and O–H groups in total. The summed E-state index contributed by atoms with van der Waals surface area (Å²) in [6.45, 7) is 6.08. The maximum Gasteiger partial charge on any atom is 0.319 e. The molecule has 0 heterocycles. The fourth-order valence-corrected chi connectivity index (χ4v) is 1.24. The third kappa shape index (κ3) is 16.6. The summed E-state index contributed by atoms with van der Waals surface area (Å²) in [7, 11) is 0. The van der Waals surface area contributed by atoms with Gasteiger partial charge in [-0.3, -0.25) is 4.79 Å². The molecule has 0 amide bonds. The maximum atomic E-state index is 11.0. The van der Waals surface area contributed by atoms with Crippen LogP contribution >= 0.6 is 0 Å². The average Bonchev–Trinajstić information content (AvgIpc) is 2.48. The number of nitrogens with zero attached hydrogens (tertiary/aromatic N) is 3. The second-order valence-electron chi connectivity index (χ2n) is 3.77. The third-order valence-electron chi connectivity index (χ3n) is 2.14. The first-order valence-corrected chi connectivity index (χ1v) is 6.91. The summed E-state index contributed by atoms with van der Waals surface area (Å²) in [5.41, 5.74) is 8.03. The van der Waals surface area contributed by atoms with Gasteiger partial charge < -0.3 is 24.3 Å². The van der Waals surface area contributed by atoms with E-state index in [1.807, 2.05) is 0 Å². The number of carbonyl (C=O) groups is 1. The van der Waals surface area contributed by atoms with Crippen molar-refractivity contribution in [2.45, 2.75) is 6.92 Å². The molecule has 0 unspecified atom stereocenters. The normalized spacial score (nSPS) is 10.1. The van der Waals surface area contributed by atoms with E-state index in [4.69, 9.17) is 24.5 Å². The smallest absolute Gasteiger partial charge is 0.319 e. The number of azide groups is 1. The van der Waals surface area contributed by atoms with Gasteiger partial charge in [0.05, 0.1) is 52.8 Å². The van der Waals surface area contributed by atoms with E-state index in [-0.39, 0.29) is 12.5 Å². The van der Waals surface area contributed by atoms with Crippen LogP contribution in [0.25, 0.3) is 10.4 Å². The summed E-state index contributed by atoms with van der Waals surface area (Å²) in [6, 6.07) is 0. The van der Waals surface area contributed by atoms with Gasteiger partial charge >= 0.3 is 5.97 Å². The highest BCUT2D eigenvalue weighted by atomic mass is 16.5. The number of esters is 1. The molecule has 0 saturated heterocycles. The molecule has 9 nitrogen and oxygen atoms in total. The Labute approximate surface area is 124 Å². The van der Waals surface area contributed by atoms with Crippen molar-refractivity contribution in [3.63, 3.8) is 0 Å². The number of rotatable bonds is 15. The van der Waals surface area contributed by atoms with E-state index in [0.717, 1.165) is 0 Å². The number of nitrogens with one attached hydrogen (secondary N) is 1. The molecular weight excluding hydrogens is 280 g/mol. The lowest BCUT2D eigenvalue weighted by Crippen LogP contribution is -2.28. The molecule has 122 valence electrons. The highest BCUT2D eigenvalue weighted by molar-refractivity contribution is 5.71. The number of hydrogen-bond donors (Lipinski definition) is 1. The van der Waals surface area contributed by atoms with Crippen LogP contribution in [0.15, 0.2) is 5.11 Å². The van der Waals surface area contributed by atoms with Crippen molar-refractivity contribution < 1.29 is 23.7 Å². The van der Waals surface area contributed by atoms with E-state index in [1.165, 1.54) is 0 Å². The van der Waals surface area contributed by atoms with Gasteiger partial charge in [0.15, 0.2) is 0 Å². The molecule has 0 atom stereocenters. The zero-order valence-corrected chi connectivity index (χ0v) is 12.5. The first-order chi connectivity index (χ1) is 10.3. The van der Waals surface area contributed by atoms with Gasteiger partial charge in [0.25, 0.3) is 0 Å². The number of hydrogen-bond acceptors (Lipinski definition) is 7. The average molecular weight is 304 g/mol. The Morgan fingerprint density at radius 2 is 1.71 bits per heavy atom. The predicted octanol–water partition coefficient (Wildman–Crippen LogP) is 0.499. The van der Waals surface area contributed by atoms with E-state index in [0.29, 0.717) is 59.3 Å². The summed E-state index contributed by atoms with van der Waals surface area (Å²) in [5.74, 6) is -0.263. The van der Waals surface area contributed by atoms with Crippen molar-refractivity contribution in [1.82, 2.24) is 5.32 Å². The zero-order valence-electron chi connectivity index (χ0n) is 12.5. The minimum atomic E-state index is -0.263. The molecule has 0 bridgehead atoms. The van der Waals surface area contributed by atoms with Gasteiger partial charge in [-0.15, -0.1) is 0 Å². The quantitative estimate of drug-likeness (QED) is 0.155. The van der Waals surface area contributed by atoms with Crippen molar-refractivity contribution in [1.29, 1.82) is 0 Å². The van der Waals surface area contributed by atoms with E-state index < -0.39 is 0 Å². The van der Waals surface area contributed by atoms with Crippen molar-refractivity contribution in [2.75, 3.05) is 65.9 Å². The molecule has 0 aromatic rings. The van der Waals surface area contributed by atoms with Crippen LogP contribution in [0.3, 0.4) is 0 Å². The van der Waals surface area contributed by atoms with E-state index in [9.17, 15) is 4.79 Å². The highest BCUT2D eigenvalue weighted by Crippen LogP contribution is 1.82.